The Labute approximate surface area is 128 Å². The molecule has 1 amide bonds. The maximum absolute atomic E-state index is 11.9. The quantitative estimate of drug-likeness (QED) is 0.389. The molecule has 0 aromatic carbocycles. The number of hydrogen-bond donors (Lipinski definition) is 1. The first-order valence-electron chi connectivity index (χ1n) is 6.91. The first-order chi connectivity index (χ1) is 10.4. The van der Waals surface area contributed by atoms with Crippen molar-refractivity contribution in [2.45, 2.75) is 25.8 Å². The predicted molar refractivity (Wildman–Crippen MR) is 73.4 cm³/mol. The highest BCUT2D eigenvalue weighted by molar-refractivity contribution is 5.96. The molecule has 0 aromatic heterocycles. The van der Waals surface area contributed by atoms with E-state index in [9.17, 15) is 19.2 Å². The number of rotatable bonds is 7. The van der Waals surface area contributed by atoms with Crippen molar-refractivity contribution in [2.75, 3.05) is 21.3 Å². The van der Waals surface area contributed by atoms with Crippen LogP contribution < -0.4 is 5.32 Å². The number of esters is 3. The van der Waals surface area contributed by atoms with Gasteiger partial charge in [0.15, 0.2) is 5.92 Å². The number of amides is 1. The molecule has 1 fully saturated rings. The van der Waals surface area contributed by atoms with Crippen LogP contribution in [0.4, 0.5) is 0 Å². The van der Waals surface area contributed by atoms with Crippen LogP contribution in [0.15, 0.2) is 0 Å². The minimum atomic E-state index is -1.33. The summed E-state index contributed by atoms with van der Waals surface area (Å²) in [6.45, 7) is 1.48. The van der Waals surface area contributed by atoms with Gasteiger partial charge in [-0.15, -0.1) is 0 Å². The molecule has 22 heavy (non-hydrogen) atoms. The van der Waals surface area contributed by atoms with Crippen molar-refractivity contribution in [3.8, 4) is 0 Å². The molecule has 1 aliphatic carbocycles. The van der Waals surface area contributed by atoms with Crippen molar-refractivity contribution in [3.63, 3.8) is 0 Å². The third-order valence-electron chi connectivity index (χ3n) is 3.66. The number of carbonyl (C=O) groups excluding carboxylic acids is 4. The lowest BCUT2D eigenvalue weighted by Crippen LogP contribution is -2.51. The van der Waals surface area contributed by atoms with E-state index in [-0.39, 0.29) is 11.8 Å². The van der Waals surface area contributed by atoms with Crippen LogP contribution in [-0.2, 0) is 33.4 Å². The lowest BCUT2D eigenvalue weighted by Gasteiger charge is -2.27. The minimum Gasteiger partial charge on any atom is -0.468 e. The van der Waals surface area contributed by atoms with Gasteiger partial charge in [-0.25, -0.2) is 4.79 Å². The van der Waals surface area contributed by atoms with Crippen LogP contribution in [0.5, 0.6) is 0 Å². The molecule has 0 spiro atoms. The van der Waals surface area contributed by atoms with Gasteiger partial charge in [-0.3, -0.25) is 14.4 Å². The summed E-state index contributed by atoms with van der Waals surface area (Å²) in [6, 6.07) is -1.14. The number of methoxy groups -OCH3 is 3. The lowest BCUT2D eigenvalue weighted by molar-refractivity contribution is -0.163. The first-order valence-corrected chi connectivity index (χ1v) is 6.91. The highest BCUT2D eigenvalue weighted by Crippen LogP contribution is 2.30. The Balaban J connectivity index is 2.97. The van der Waals surface area contributed by atoms with Gasteiger partial charge in [0.25, 0.3) is 0 Å². The van der Waals surface area contributed by atoms with Crippen molar-refractivity contribution in [2.24, 2.45) is 17.8 Å². The Hall–Kier alpha value is -2.12. The van der Waals surface area contributed by atoms with E-state index in [0.29, 0.717) is 0 Å². The molecule has 0 aromatic rings. The molecular formula is C14H21NO7. The fraction of sp³-hybridized carbons (Fsp3) is 0.714. The van der Waals surface area contributed by atoms with Crippen LogP contribution in [0, 0.1) is 17.8 Å². The van der Waals surface area contributed by atoms with E-state index in [1.54, 1.807) is 0 Å². The van der Waals surface area contributed by atoms with Gasteiger partial charge < -0.3 is 19.5 Å². The molecule has 0 radical (unpaired) electrons. The third-order valence-corrected chi connectivity index (χ3v) is 3.66. The second kappa shape index (κ2) is 7.77. The summed E-state index contributed by atoms with van der Waals surface area (Å²) in [7, 11) is 3.42. The van der Waals surface area contributed by atoms with Gasteiger partial charge in [-0.2, -0.15) is 0 Å². The normalized spacial score (nSPS) is 16.4. The number of carbonyl (C=O) groups is 4. The van der Waals surface area contributed by atoms with Gasteiger partial charge in [-0.05, 0) is 12.8 Å². The van der Waals surface area contributed by atoms with E-state index in [1.807, 2.05) is 0 Å². The van der Waals surface area contributed by atoms with Crippen molar-refractivity contribution in [1.82, 2.24) is 5.32 Å². The Morgan fingerprint density at radius 2 is 1.36 bits per heavy atom. The second-order valence-corrected chi connectivity index (χ2v) is 5.17. The van der Waals surface area contributed by atoms with Gasteiger partial charge in [0.2, 0.25) is 5.91 Å². The van der Waals surface area contributed by atoms with E-state index in [4.69, 9.17) is 0 Å². The highest BCUT2D eigenvalue weighted by Gasteiger charge is 2.43. The Morgan fingerprint density at radius 1 is 0.909 bits per heavy atom. The molecule has 1 N–H and O–H groups in total. The maximum atomic E-state index is 11.9. The Kier molecular flexibility index (Phi) is 6.33. The van der Waals surface area contributed by atoms with Crippen molar-refractivity contribution < 1.29 is 33.4 Å². The highest BCUT2D eigenvalue weighted by atomic mass is 16.5. The number of ether oxygens (including phenoxy) is 3. The van der Waals surface area contributed by atoms with Gasteiger partial charge in [0, 0.05) is 11.8 Å². The standard InChI is InChI=1S/C14H21NO7/c1-7(9(12(17)20-2)13(18)21-3)10(14(19)22-4)15-11(16)8-5-6-8/h7-10H,5-6H2,1-4H3,(H,15,16)/t7-,10+/m1/s1. The topological polar surface area (TPSA) is 108 Å². The molecule has 0 aliphatic heterocycles. The Morgan fingerprint density at radius 3 is 1.73 bits per heavy atom. The van der Waals surface area contributed by atoms with Gasteiger partial charge in [0.05, 0.1) is 21.3 Å². The predicted octanol–water partition coefficient (Wildman–Crippen LogP) is -0.347. The summed E-state index contributed by atoms with van der Waals surface area (Å²) >= 11 is 0. The van der Waals surface area contributed by atoms with Gasteiger partial charge in [-0.1, -0.05) is 6.92 Å². The summed E-state index contributed by atoms with van der Waals surface area (Å²) in [5.41, 5.74) is 0. The summed E-state index contributed by atoms with van der Waals surface area (Å²) in [5.74, 6) is -5.06. The Bertz CT molecular complexity index is 442. The molecule has 8 nitrogen and oxygen atoms in total. The molecule has 1 saturated carbocycles. The minimum absolute atomic E-state index is 0.131. The summed E-state index contributed by atoms with van der Waals surface area (Å²) in [5, 5.41) is 2.54. The molecule has 2 atom stereocenters. The molecule has 8 heteroatoms. The number of nitrogens with one attached hydrogen (secondary N) is 1. The molecule has 1 rings (SSSR count). The smallest absolute Gasteiger partial charge is 0.328 e. The fourth-order valence-electron chi connectivity index (χ4n) is 2.12. The largest absolute Gasteiger partial charge is 0.468 e. The van der Waals surface area contributed by atoms with Crippen molar-refractivity contribution in [3.05, 3.63) is 0 Å². The first kappa shape index (κ1) is 17.9. The van der Waals surface area contributed by atoms with Crippen LogP contribution in [0.2, 0.25) is 0 Å². The zero-order valence-corrected chi connectivity index (χ0v) is 13.1. The van der Waals surface area contributed by atoms with Gasteiger partial charge >= 0.3 is 17.9 Å². The lowest BCUT2D eigenvalue weighted by atomic mass is 9.87. The molecule has 1 aliphatic rings. The molecule has 0 bridgehead atoms. The molecule has 0 saturated heterocycles. The number of hydrogen-bond acceptors (Lipinski definition) is 7. The third kappa shape index (κ3) is 4.19. The van der Waals surface area contributed by atoms with E-state index in [2.05, 4.69) is 19.5 Å². The van der Waals surface area contributed by atoms with E-state index >= 15 is 0 Å². The van der Waals surface area contributed by atoms with E-state index in [1.165, 1.54) is 6.92 Å². The summed E-state index contributed by atoms with van der Waals surface area (Å²) in [6.07, 6.45) is 1.51. The zero-order valence-electron chi connectivity index (χ0n) is 13.1. The molecule has 124 valence electrons. The molecule has 0 heterocycles. The average Bonchev–Trinajstić information content (AvgIpc) is 3.35. The van der Waals surface area contributed by atoms with Crippen LogP contribution in [0.25, 0.3) is 0 Å². The zero-order chi connectivity index (χ0) is 16.9. The fourth-order valence-corrected chi connectivity index (χ4v) is 2.12. The van der Waals surface area contributed by atoms with Crippen molar-refractivity contribution in [1.29, 1.82) is 0 Å². The molecular weight excluding hydrogens is 294 g/mol. The van der Waals surface area contributed by atoms with Crippen LogP contribution >= 0.6 is 0 Å². The van der Waals surface area contributed by atoms with Crippen molar-refractivity contribution >= 4 is 23.8 Å². The average molecular weight is 315 g/mol. The monoisotopic (exact) mass is 315 g/mol. The van der Waals surface area contributed by atoms with Crippen LogP contribution in [0.3, 0.4) is 0 Å². The van der Waals surface area contributed by atoms with E-state index in [0.717, 1.165) is 34.2 Å². The van der Waals surface area contributed by atoms with E-state index < -0.39 is 35.8 Å². The van der Waals surface area contributed by atoms with Crippen LogP contribution in [-0.4, -0.2) is 51.2 Å². The summed E-state index contributed by atoms with van der Waals surface area (Å²) < 4.78 is 13.8. The van der Waals surface area contributed by atoms with Gasteiger partial charge in [0.1, 0.15) is 6.04 Å². The SMILES string of the molecule is COC(=O)C(C(=O)OC)[C@@H](C)[C@H](NC(=O)C1CC1)C(=O)OC. The summed E-state index contributed by atoms with van der Waals surface area (Å²) in [4.78, 5) is 47.4. The second-order valence-electron chi connectivity index (χ2n) is 5.17. The maximum Gasteiger partial charge on any atom is 0.328 e. The molecule has 0 unspecified atom stereocenters. The van der Waals surface area contributed by atoms with Crippen LogP contribution in [0.1, 0.15) is 19.8 Å².